The van der Waals surface area contributed by atoms with Gasteiger partial charge in [0.15, 0.2) is 0 Å². The molecule has 3 heteroatoms. The van der Waals surface area contributed by atoms with Crippen molar-refractivity contribution in [2.75, 3.05) is 20.6 Å². The maximum Gasteiger partial charge on any atom is 0.238 e. The Bertz CT molecular complexity index is 322. The van der Waals surface area contributed by atoms with Gasteiger partial charge in [0.25, 0.3) is 0 Å². The zero-order valence-electron chi connectivity index (χ0n) is 10.2. The molecule has 0 aromatic heterocycles. The molecule has 16 heavy (non-hydrogen) atoms. The van der Waals surface area contributed by atoms with Gasteiger partial charge in [0.1, 0.15) is 0 Å². The molecule has 1 aromatic rings. The number of rotatable bonds is 5. The van der Waals surface area contributed by atoms with E-state index < -0.39 is 0 Å². The predicted octanol–water partition coefficient (Wildman–Crippen LogP) is 1.30. The smallest absolute Gasteiger partial charge is 0.238 e. The quantitative estimate of drug-likeness (QED) is 0.811. The van der Waals surface area contributed by atoms with E-state index >= 15 is 0 Å². The van der Waals surface area contributed by atoms with Crippen molar-refractivity contribution in [1.29, 1.82) is 0 Å². The van der Waals surface area contributed by atoms with Gasteiger partial charge in [-0.3, -0.25) is 4.79 Å². The van der Waals surface area contributed by atoms with Gasteiger partial charge in [-0.05, 0) is 25.5 Å². The predicted molar refractivity (Wildman–Crippen MR) is 66.3 cm³/mol. The van der Waals surface area contributed by atoms with Gasteiger partial charge in [-0.25, -0.2) is 0 Å². The summed E-state index contributed by atoms with van der Waals surface area (Å²) in [6.45, 7) is 2.72. The van der Waals surface area contributed by atoms with Crippen LogP contribution < -0.4 is 5.32 Å². The van der Waals surface area contributed by atoms with Gasteiger partial charge < -0.3 is 10.2 Å². The van der Waals surface area contributed by atoms with Crippen molar-refractivity contribution in [2.45, 2.75) is 19.4 Å². The molecule has 0 fully saturated rings. The number of nitrogens with zero attached hydrogens (tertiary/aromatic N) is 1. The third kappa shape index (κ3) is 4.03. The SMILES string of the molecule is CC(NCCc1ccccc1)C(=O)N(C)C. The normalized spacial score (nSPS) is 12.2. The Morgan fingerprint density at radius 3 is 2.50 bits per heavy atom. The number of hydrogen-bond donors (Lipinski definition) is 1. The van der Waals surface area contributed by atoms with Crippen molar-refractivity contribution in [1.82, 2.24) is 10.2 Å². The van der Waals surface area contributed by atoms with Gasteiger partial charge in [0, 0.05) is 14.1 Å². The Morgan fingerprint density at radius 2 is 1.94 bits per heavy atom. The molecular formula is C13H20N2O. The Kier molecular flexibility index (Phi) is 4.99. The summed E-state index contributed by atoms with van der Waals surface area (Å²) < 4.78 is 0. The average molecular weight is 220 g/mol. The van der Waals surface area contributed by atoms with Crippen LogP contribution >= 0.6 is 0 Å². The van der Waals surface area contributed by atoms with Crippen molar-refractivity contribution in [3.8, 4) is 0 Å². The minimum atomic E-state index is -0.112. The Hall–Kier alpha value is -1.35. The molecule has 0 aliphatic heterocycles. The highest BCUT2D eigenvalue weighted by Gasteiger charge is 2.12. The largest absolute Gasteiger partial charge is 0.347 e. The van der Waals surface area contributed by atoms with Gasteiger partial charge in [-0.1, -0.05) is 30.3 Å². The monoisotopic (exact) mass is 220 g/mol. The van der Waals surface area contributed by atoms with E-state index in [1.165, 1.54) is 5.56 Å². The molecular weight excluding hydrogens is 200 g/mol. The summed E-state index contributed by atoms with van der Waals surface area (Å²) in [5.74, 6) is 0.119. The lowest BCUT2D eigenvalue weighted by molar-refractivity contribution is -0.130. The molecule has 1 aromatic carbocycles. The lowest BCUT2D eigenvalue weighted by atomic mass is 10.1. The van der Waals surface area contributed by atoms with Crippen LogP contribution in [0.25, 0.3) is 0 Å². The van der Waals surface area contributed by atoms with Crippen LogP contribution in [0.2, 0.25) is 0 Å². The summed E-state index contributed by atoms with van der Waals surface area (Å²) in [6, 6.07) is 10.2. The fourth-order valence-electron chi connectivity index (χ4n) is 1.55. The van der Waals surface area contributed by atoms with Crippen LogP contribution in [-0.2, 0) is 11.2 Å². The molecule has 0 saturated carbocycles. The summed E-state index contributed by atoms with van der Waals surface area (Å²) in [6.07, 6.45) is 0.950. The highest BCUT2D eigenvalue weighted by Crippen LogP contribution is 1.98. The van der Waals surface area contributed by atoms with Crippen LogP contribution in [0.5, 0.6) is 0 Å². The molecule has 0 heterocycles. The summed E-state index contributed by atoms with van der Waals surface area (Å²) in [7, 11) is 3.55. The molecule has 1 unspecified atom stereocenters. The van der Waals surface area contributed by atoms with E-state index in [4.69, 9.17) is 0 Å². The van der Waals surface area contributed by atoms with E-state index in [2.05, 4.69) is 17.4 Å². The number of nitrogens with one attached hydrogen (secondary N) is 1. The maximum atomic E-state index is 11.5. The second-order valence-corrected chi connectivity index (χ2v) is 4.14. The number of amides is 1. The highest BCUT2D eigenvalue weighted by molar-refractivity contribution is 5.80. The van der Waals surface area contributed by atoms with Crippen LogP contribution in [0.4, 0.5) is 0 Å². The number of carbonyl (C=O) groups is 1. The third-order valence-electron chi connectivity index (χ3n) is 2.52. The lowest BCUT2D eigenvalue weighted by Crippen LogP contribution is -2.42. The summed E-state index contributed by atoms with van der Waals surface area (Å²) in [4.78, 5) is 13.2. The van der Waals surface area contributed by atoms with Crippen molar-refractivity contribution < 1.29 is 4.79 Å². The molecule has 1 rings (SSSR count). The molecule has 1 atom stereocenters. The van der Waals surface area contributed by atoms with E-state index in [1.54, 1.807) is 19.0 Å². The molecule has 0 spiro atoms. The zero-order valence-corrected chi connectivity index (χ0v) is 10.2. The Labute approximate surface area is 97.5 Å². The highest BCUT2D eigenvalue weighted by atomic mass is 16.2. The van der Waals surface area contributed by atoms with Crippen molar-refractivity contribution in [3.63, 3.8) is 0 Å². The van der Waals surface area contributed by atoms with Gasteiger partial charge in [0.05, 0.1) is 6.04 Å². The second-order valence-electron chi connectivity index (χ2n) is 4.14. The van der Waals surface area contributed by atoms with Crippen LogP contribution in [0, 0.1) is 0 Å². The van der Waals surface area contributed by atoms with Gasteiger partial charge in [-0.2, -0.15) is 0 Å². The van der Waals surface area contributed by atoms with Crippen molar-refractivity contribution in [2.24, 2.45) is 0 Å². The van der Waals surface area contributed by atoms with E-state index in [0.717, 1.165) is 13.0 Å². The summed E-state index contributed by atoms with van der Waals surface area (Å²) >= 11 is 0. The Morgan fingerprint density at radius 1 is 1.31 bits per heavy atom. The second kappa shape index (κ2) is 6.28. The first-order chi connectivity index (χ1) is 7.61. The fraction of sp³-hybridized carbons (Fsp3) is 0.462. The zero-order chi connectivity index (χ0) is 12.0. The van der Waals surface area contributed by atoms with E-state index in [1.807, 2.05) is 25.1 Å². The van der Waals surface area contributed by atoms with Gasteiger partial charge in [-0.15, -0.1) is 0 Å². The van der Waals surface area contributed by atoms with Gasteiger partial charge >= 0.3 is 0 Å². The molecule has 1 amide bonds. The standard InChI is InChI=1S/C13H20N2O/c1-11(13(16)15(2)3)14-10-9-12-7-5-4-6-8-12/h4-8,11,14H,9-10H2,1-3H3. The van der Waals surface area contributed by atoms with Crippen LogP contribution in [0.1, 0.15) is 12.5 Å². The summed E-state index contributed by atoms with van der Waals surface area (Å²) in [5, 5.41) is 3.22. The van der Waals surface area contributed by atoms with Crippen molar-refractivity contribution in [3.05, 3.63) is 35.9 Å². The van der Waals surface area contributed by atoms with Gasteiger partial charge in [0.2, 0.25) is 5.91 Å². The molecule has 0 bridgehead atoms. The summed E-state index contributed by atoms with van der Waals surface area (Å²) in [5.41, 5.74) is 1.29. The van der Waals surface area contributed by atoms with Crippen molar-refractivity contribution >= 4 is 5.91 Å². The number of likely N-dealkylation sites (N-methyl/N-ethyl adjacent to an activating group) is 1. The first-order valence-corrected chi connectivity index (χ1v) is 5.59. The fourth-order valence-corrected chi connectivity index (χ4v) is 1.55. The molecule has 3 nitrogen and oxygen atoms in total. The van der Waals surface area contributed by atoms with Crippen LogP contribution in [0.3, 0.4) is 0 Å². The third-order valence-corrected chi connectivity index (χ3v) is 2.52. The lowest BCUT2D eigenvalue weighted by Gasteiger charge is -2.17. The maximum absolute atomic E-state index is 11.5. The first kappa shape index (κ1) is 12.7. The van der Waals surface area contributed by atoms with E-state index in [-0.39, 0.29) is 11.9 Å². The van der Waals surface area contributed by atoms with Crippen LogP contribution in [0.15, 0.2) is 30.3 Å². The number of hydrogen-bond acceptors (Lipinski definition) is 2. The minimum absolute atomic E-state index is 0.112. The van der Waals surface area contributed by atoms with E-state index in [0.29, 0.717) is 0 Å². The van der Waals surface area contributed by atoms with Crippen LogP contribution in [-0.4, -0.2) is 37.5 Å². The average Bonchev–Trinajstić information content (AvgIpc) is 2.29. The Balaban J connectivity index is 2.28. The number of carbonyl (C=O) groups excluding carboxylic acids is 1. The molecule has 88 valence electrons. The molecule has 0 aliphatic carbocycles. The molecule has 0 radical (unpaired) electrons. The molecule has 1 N–H and O–H groups in total. The van der Waals surface area contributed by atoms with E-state index in [9.17, 15) is 4.79 Å². The topological polar surface area (TPSA) is 32.3 Å². The molecule has 0 saturated heterocycles. The molecule has 0 aliphatic rings. The minimum Gasteiger partial charge on any atom is -0.347 e. The number of benzene rings is 1. The first-order valence-electron chi connectivity index (χ1n) is 5.59.